The Morgan fingerprint density at radius 3 is 2.58 bits per heavy atom. The van der Waals surface area contributed by atoms with E-state index in [0.717, 1.165) is 12.0 Å². The fourth-order valence-corrected chi connectivity index (χ4v) is 1.19. The highest BCUT2D eigenvalue weighted by Crippen LogP contribution is 2.16. The molecule has 1 rings (SSSR count). The molecule has 12 heavy (non-hydrogen) atoms. The zero-order valence-corrected chi connectivity index (χ0v) is 7.47. The minimum absolute atomic E-state index is 0.264. The van der Waals surface area contributed by atoms with Gasteiger partial charge in [0, 0.05) is 5.69 Å². The first-order chi connectivity index (χ1) is 5.59. The maximum Gasteiger partial charge on any atom is 0.125 e. The van der Waals surface area contributed by atoms with Crippen LogP contribution in [0.15, 0.2) is 18.2 Å². The SMILES string of the molecule is CC(C)Cc1ccc(F)cc1N. The number of anilines is 1. The van der Waals surface area contributed by atoms with Crippen molar-refractivity contribution in [2.24, 2.45) is 5.92 Å². The van der Waals surface area contributed by atoms with Crippen molar-refractivity contribution in [3.8, 4) is 0 Å². The van der Waals surface area contributed by atoms with Gasteiger partial charge in [-0.3, -0.25) is 0 Å². The Bertz CT molecular complexity index is 269. The fourth-order valence-electron chi connectivity index (χ4n) is 1.19. The fraction of sp³-hybridized carbons (Fsp3) is 0.400. The second-order valence-electron chi connectivity index (χ2n) is 3.44. The summed E-state index contributed by atoms with van der Waals surface area (Å²) in [5, 5.41) is 0. The summed E-state index contributed by atoms with van der Waals surface area (Å²) in [6, 6.07) is 4.58. The van der Waals surface area contributed by atoms with E-state index in [4.69, 9.17) is 5.73 Å². The van der Waals surface area contributed by atoms with Crippen molar-refractivity contribution < 1.29 is 4.39 Å². The summed E-state index contributed by atoms with van der Waals surface area (Å²) in [7, 11) is 0. The third kappa shape index (κ3) is 2.22. The maximum atomic E-state index is 12.6. The Labute approximate surface area is 72.4 Å². The van der Waals surface area contributed by atoms with Crippen molar-refractivity contribution in [3.05, 3.63) is 29.6 Å². The summed E-state index contributed by atoms with van der Waals surface area (Å²) in [4.78, 5) is 0. The Balaban J connectivity index is 2.86. The molecule has 0 fully saturated rings. The van der Waals surface area contributed by atoms with Gasteiger partial charge in [-0.2, -0.15) is 0 Å². The van der Waals surface area contributed by atoms with E-state index in [9.17, 15) is 4.39 Å². The number of rotatable bonds is 2. The van der Waals surface area contributed by atoms with Crippen LogP contribution in [-0.2, 0) is 6.42 Å². The quantitative estimate of drug-likeness (QED) is 0.673. The first kappa shape index (κ1) is 9.04. The van der Waals surface area contributed by atoms with Gasteiger partial charge in [-0.05, 0) is 30.0 Å². The van der Waals surface area contributed by atoms with Gasteiger partial charge in [0.25, 0.3) is 0 Å². The van der Waals surface area contributed by atoms with Crippen LogP contribution in [0.3, 0.4) is 0 Å². The molecule has 1 nitrogen and oxygen atoms in total. The summed E-state index contributed by atoms with van der Waals surface area (Å²) in [6.07, 6.45) is 0.909. The molecule has 2 heteroatoms. The summed E-state index contributed by atoms with van der Waals surface area (Å²) in [5.41, 5.74) is 7.22. The van der Waals surface area contributed by atoms with Crippen LogP contribution >= 0.6 is 0 Å². The van der Waals surface area contributed by atoms with Crippen molar-refractivity contribution >= 4 is 5.69 Å². The topological polar surface area (TPSA) is 26.0 Å². The highest BCUT2D eigenvalue weighted by atomic mass is 19.1. The molecule has 1 aromatic rings. The average Bonchev–Trinajstić information content (AvgIpc) is 1.94. The molecule has 2 N–H and O–H groups in total. The molecule has 66 valence electrons. The molecule has 0 aliphatic rings. The first-order valence-corrected chi connectivity index (χ1v) is 4.13. The van der Waals surface area contributed by atoms with E-state index in [2.05, 4.69) is 13.8 Å². The lowest BCUT2D eigenvalue weighted by Gasteiger charge is -2.07. The minimum Gasteiger partial charge on any atom is -0.398 e. The third-order valence-corrected chi connectivity index (χ3v) is 1.74. The first-order valence-electron chi connectivity index (χ1n) is 4.13. The summed E-state index contributed by atoms with van der Waals surface area (Å²) < 4.78 is 12.6. The molecule has 0 unspecified atom stereocenters. The molecule has 0 saturated heterocycles. The number of nitrogens with two attached hydrogens (primary N) is 1. The second-order valence-corrected chi connectivity index (χ2v) is 3.44. The maximum absolute atomic E-state index is 12.6. The molecule has 0 aliphatic heterocycles. The van der Waals surface area contributed by atoms with E-state index in [1.165, 1.54) is 12.1 Å². The highest BCUT2D eigenvalue weighted by molar-refractivity contribution is 5.46. The Kier molecular flexibility index (Phi) is 2.69. The summed E-state index contributed by atoms with van der Waals surface area (Å²) >= 11 is 0. The standard InChI is InChI=1S/C10H14FN/c1-7(2)5-8-3-4-9(11)6-10(8)12/h3-4,6-7H,5,12H2,1-2H3. The highest BCUT2D eigenvalue weighted by Gasteiger charge is 2.02. The van der Waals surface area contributed by atoms with Crippen LogP contribution < -0.4 is 5.73 Å². The molecule has 0 aliphatic carbocycles. The van der Waals surface area contributed by atoms with E-state index in [-0.39, 0.29) is 5.82 Å². The average molecular weight is 167 g/mol. The predicted molar refractivity (Wildman–Crippen MR) is 49.4 cm³/mol. The normalized spacial score (nSPS) is 10.7. The number of nitrogen functional groups attached to an aromatic ring is 1. The molecule has 0 heterocycles. The lowest BCUT2D eigenvalue weighted by molar-refractivity contribution is 0.622. The monoisotopic (exact) mass is 167 g/mol. The van der Waals surface area contributed by atoms with Crippen LogP contribution in [0.25, 0.3) is 0 Å². The van der Waals surface area contributed by atoms with E-state index in [1.807, 2.05) is 0 Å². The van der Waals surface area contributed by atoms with Crippen molar-refractivity contribution in [2.45, 2.75) is 20.3 Å². The molecule has 0 saturated carbocycles. The van der Waals surface area contributed by atoms with Gasteiger partial charge in [-0.15, -0.1) is 0 Å². The number of halogens is 1. The van der Waals surface area contributed by atoms with Gasteiger partial charge in [0.15, 0.2) is 0 Å². The van der Waals surface area contributed by atoms with Crippen LogP contribution in [0.4, 0.5) is 10.1 Å². The summed E-state index contributed by atoms with van der Waals surface area (Å²) in [6.45, 7) is 4.23. The molecule has 0 amide bonds. The minimum atomic E-state index is -0.264. The van der Waals surface area contributed by atoms with Gasteiger partial charge in [0.1, 0.15) is 5.82 Å². The van der Waals surface area contributed by atoms with Gasteiger partial charge in [-0.1, -0.05) is 19.9 Å². The van der Waals surface area contributed by atoms with Crippen LogP contribution in [0.5, 0.6) is 0 Å². The molecule has 0 spiro atoms. The number of hydrogen-bond donors (Lipinski definition) is 1. The van der Waals surface area contributed by atoms with Gasteiger partial charge >= 0.3 is 0 Å². The van der Waals surface area contributed by atoms with E-state index in [1.54, 1.807) is 6.07 Å². The predicted octanol–water partition coefficient (Wildman–Crippen LogP) is 2.61. The Hall–Kier alpha value is -1.05. The molecule has 0 aromatic heterocycles. The number of benzene rings is 1. The van der Waals surface area contributed by atoms with E-state index in [0.29, 0.717) is 11.6 Å². The smallest absolute Gasteiger partial charge is 0.125 e. The van der Waals surface area contributed by atoms with Gasteiger partial charge in [0.2, 0.25) is 0 Å². The van der Waals surface area contributed by atoms with Crippen LogP contribution in [-0.4, -0.2) is 0 Å². The van der Waals surface area contributed by atoms with E-state index < -0.39 is 0 Å². The van der Waals surface area contributed by atoms with Crippen LogP contribution in [0, 0.1) is 11.7 Å². The zero-order valence-electron chi connectivity index (χ0n) is 7.47. The van der Waals surface area contributed by atoms with E-state index >= 15 is 0 Å². The molecular weight excluding hydrogens is 153 g/mol. The molecular formula is C10H14FN. The van der Waals surface area contributed by atoms with Crippen molar-refractivity contribution in [1.82, 2.24) is 0 Å². The van der Waals surface area contributed by atoms with Gasteiger partial charge in [-0.25, -0.2) is 4.39 Å². The number of hydrogen-bond acceptors (Lipinski definition) is 1. The zero-order chi connectivity index (χ0) is 9.14. The van der Waals surface area contributed by atoms with Crippen molar-refractivity contribution in [1.29, 1.82) is 0 Å². The van der Waals surface area contributed by atoms with Crippen LogP contribution in [0.2, 0.25) is 0 Å². The van der Waals surface area contributed by atoms with Crippen LogP contribution in [0.1, 0.15) is 19.4 Å². The van der Waals surface area contributed by atoms with Gasteiger partial charge in [0.05, 0.1) is 0 Å². The van der Waals surface area contributed by atoms with Crippen molar-refractivity contribution in [2.75, 3.05) is 5.73 Å². The molecule has 0 bridgehead atoms. The Morgan fingerprint density at radius 1 is 1.42 bits per heavy atom. The lowest BCUT2D eigenvalue weighted by atomic mass is 10.0. The molecule has 1 aromatic carbocycles. The van der Waals surface area contributed by atoms with Crippen molar-refractivity contribution in [3.63, 3.8) is 0 Å². The second kappa shape index (κ2) is 3.57. The molecule has 0 radical (unpaired) electrons. The largest absolute Gasteiger partial charge is 0.398 e. The summed E-state index contributed by atoms with van der Waals surface area (Å²) in [5.74, 6) is 0.290. The lowest BCUT2D eigenvalue weighted by Crippen LogP contribution is -1.99. The Morgan fingerprint density at radius 2 is 2.08 bits per heavy atom. The van der Waals surface area contributed by atoms with Gasteiger partial charge < -0.3 is 5.73 Å². The molecule has 0 atom stereocenters. The third-order valence-electron chi connectivity index (χ3n) is 1.74.